The summed E-state index contributed by atoms with van der Waals surface area (Å²) in [5.41, 5.74) is -1.23. The molecule has 5 nitrogen and oxygen atoms in total. The maximum Gasteiger partial charge on any atom is 0.418 e. The lowest BCUT2D eigenvalue weighted by Crippen LogP contribution is -2.23. The molecule has 0 bridgehead atoms. The number of nitrogens with zero attached hydrogens (tertiary/aromatic N) is 2. The van der Waals surface area contributed by atoms with Crippen molar-refractivity contribution >= 4 is 17.6 Å². The summed E-state index contributed by atoms with van der Waals surface area (Å²) in [7, 11) is 0. The number of hydrogen-bond acceptors (Lipinski definition) is 3. The van der Waals surface area contributed by atoms with Gasteiger partial charge >= 0.3 is 6.18 Å². The van der Waals surface area contributed by atoms with Gasteiger partial charge in [0.25, 0.3) is 0 Å². The molecule has 0 saturated carbocycles. The first-order valence-corrected chi connectivity index (χ1v) is 5.63. The number of para-hydroxylation sites is 1. The standard InChI is InChI=1S/C12H9F4N5/c13-9-5-6-18-11(20-9)21-10(17)19-8-4-2-1-3-7(8)12(14,15)16/h1-6H,(H3,17,18,19,20,21). The van der Waals surface area contributed by atoms with Crippen molar-refractivity contribution in [2.75, 3.05) is 10.6 Å². The highest BCUT2D eigenvalue weighted by Gasteiger charge is 2.33. The number of aromatic nitrogens is 2. The van der Waals surface area contributed by atoms with Gasteiger partial charge in [0.05, 0.1) is 11.3 Å². The number of rotatable bonds is 2. The maximum atomic E-state index is 12.8. The Labute approximate surface area is 116 Å². The minimum atomic E-state index is -4.56. The van der Waals surface area contributed by atoms with Crippen molar-refractivity contribution in [2.45, 2.75) is 6.18 Å². The van der Waals surface area contributed by atoms with Crippen LogP contribution in [0.1, 0.15) is 5.56 Å². The molecule has 2 rings (SSSR count). The zero-order valence-corrected chi connectivity index (χ0v) is 10.4. The minimum absolute atomic E-state index is 0.239. The third-order valence-corrected chi connectivity index (χ3v) is 2.35. The first-order valence-electron chi connectivity index (χ1n) is 5.63. The second-order valence-corrected chi connectivity index (χ2v) is 3.87. The van der Waals surface area contributed by atoms with Gasteiger partial charge in [-0.1, -0.05) is 12.1 Å². The fourth-order valence-corrected chi connectivity index (χ4v) is 1.51. The van der Waals surface area contributed by atoms with Crippen molar-refractivity contribution in [1.29, 1.82) is 5.41 Å². The van der Waals surface area contributed by atoms with Gasteiger partial charge in [0.15, 0.2) is 5.96 Å². The van der Waals surface area contributed by atoms with E-state index in [1.807, 2.05) is 0 Å². The Balaban J connectivity index is 2.14. The predicted molar refractivity (Wildman–Crippen MR) is 68.4 cm³/mol. The largest absolute Gasteiger partial charge is 0.418 e. The van der Waals surface area contributed by atoms with Crippen LogP contribution in [0.3, 0.4) is 0 Å². The van der Waals surface area contributed by atoms with Gasteiger partial charge in [-0.25, -0.2) is 4.98 Å². The van der Waals surface area contributed by atoms with E-state index in [2.05, 4.69) is 20.6 Å². The zero-order chi connectivity index (χ0) is 15.5. The van der Waals surface area contributed by atoms with Crippen LogP contribution in [0.25, 0.3) is 0 Å². The smallest absolute Gasteiger partial charge is 0.326 e. The Hall–Kier alpha value is -2.71. The van der Waals surface area contributed by atoms with Crippen molar-refractivity contribution in [3.05, 3.63) is 48.0 Å². The number of hydrogen-bond donors (Lipinski definition) is 3. The lowest BCUT2D eigenvalue weighted by atomic mass is 10.1. The van der Waals surface area contributed by atoms with Gasteiger partial charge in [-0.15, -0.1) is 0 Å². The van der Waals surface area contributed by atoms with Crippen LogP contribution in [-0.4, -0.2) is 15.9 Å². The number of nitrogens with one attached hydrogen (secondary N) is 3. The molecule has 1 heterocycles. The maximum absolute atomic E-state index is 12.8. The predicted octanol–water partition coefficient (Wildman–Crippen LogP) is 3.09. The van der Waals surface area contributed by atoms with E-state index in [9.17, 15) is 17.6 Å². The molecule has 21 heavy (non-hydrogen) atoms. The SMILES string of the molecule is N=C(Nc1nccc(F)n1)Nc1ccccc1C(F)(F)F. The van der Waals surface area contributed by atoms with Crippen molar-refractivity contribution in [1.82, 2.24) is 9.97 Å². The second-order valence-electron chi connectivity index (χ2n) is 3.87. The summed E-state index contributed by atoms with van der Waals surface area (Å²) < 4.78 is 51.2. The van der Waals surface area contributed by atoms with E-state index in [-0.39, 0.29) is 11.6 Å². The molecule has 0 fully saturated rings. The molecule has 0 atom stereocenters. The van der Waals surface area contributed by atoms with Gasteiger partial charge in [-0.3, -0.25) is 10.7 Å². The van der Waals surface area contributed by atoms with Crippen molar-refractivity contribution in [3.8, 4) is 0 Å². The lowest BCUT2D eigenvalue weighted by molar-refractivity contribution is -0.136. The molecular formula is C12H9F4N5. The second kappa shape index (κ2) is 5.73. The highest BCUT2D eigenvalue weighted by Crippen LogP contribution is 2.34. The summed E-state index contributed by atoms with van der Waals surface area (Å²) in [6.07, 6.45) is -3.44. The van der Waals surface area contributed by atoms with E-state index < -0.39 is 23.6 Å². The fraction of sp³-hybridized carbons (Fsp3) is 0.0833. The number of anilines is 2. The van der Waals surface area contributed by atoms with E-state index >= 15 is 0 Å². The number of alkyl halides is 3. The molecular weight excluding hydrogens is 290 g/mol. The van der Waals surface area contributed by atoms with E-state index in [0.717, 1.165) is 18.3 Å². The number of guanidine groups is 1. The van der Waals surface area contributed by atoms with Crippen LogP contribution in [0.2, 0.25) is 0 Å². The Morgan fingerprint density at radius 3 is 2.48 bits per heavy atom. The molecule has 0 spiro atoms. The van der Waals surface area contributed by atoms with Crippen molar-refractivity contribution < 1.29 is 17.6 Å². The molecule has 0 amide bonds. The van der Waals surface area contributed by atoms with Crippen LogP contribution < -0.4 is 10.6 Å². The molecule has 0 saturated heterocycles. The van der Waals surface area contributed by atoms with E-state index in [1.54, 1.807) is 0 Å². The van der Waals surface area contributed by atoms with E-state index in [4.69, 9.17) is 5.41 Å². The topological polar surface area (TPSA) is 73.7 Å². The molecule has 1 aromatic carbocycles. The lowest BCUT2D eigenvalue weighted by Gasteiger charge is -2.15. The summed E-state index contributed by atoms with van der Waals surface area (Å²) in [5, 5.41) is 12.0. The summed E-state index contributed by atoms with van der Waals surface area (Å²) >= 11 is 0. The monoisotopic (exact) mass is 299 g/mol. The first-order chi connectivity index (χ1) is 9.86. The highest BCUT2D eigenvalue weighted by atomic mass is 19.4. The zero-order valence-electron chi connectivity index (χ0n) is 10.4. The quantitative estimate of drug-likeness (QED) is 0.345. The molecule has 110 valence electrons. The molecule has 0 aliphatic rings. The first kappa shape index (κ1) is 14.7. The molecule has 0 unspecified atom stereocenters. The molecule has 3 N–H and O–H groups in total. The fourth-order valence-electron chi connectivity index (χ4n) is 1.51. The van der Waals surface area contributed by atoms with Crippen LogP contribution in [0.4, 0.5) is 29.2 Å². The normalized spacial score (nSPS) is 11.0. The van der Waals surface area contributed by atoms with Crippen molar-refractivity contribution in [3.63, 3.8) is 0 Å². The minimum Gasteiger partial charge on any atom is -0.326 e. The summed E-state index contributed by atoms with van der Waals surface area (Å²) in [6, 6.07) is 5.69. The van der Waals surface area contributed by atoms with Crippen LogP contribution in [-0.2, 0) is 6.18 Å². The molecule has 0 radical (unpaired) electrons. The van der Waals surface area contributed by atoms with Crippen LogP contribution >= 0.6 is 0 Å². The summed E-state index contributed by atoms with van der Waals surface area (Å²) in [5.74, 6) is -1.58. The van der Waals surface area contributed by atoms with Crippen LogP contribution in [0.15, 0.2) is 36.5 Å². The highest BCUT2D eigenvalue weighted by molar-refractivity contribution is 6.00. The molecule has 2 aromatic rings. The Morgan fingerprint density at radius 2 is 1.81 bits per heavy atom. The average molecular weight is 299 g/mol. The van der Waals surface area contributed by atoms with Gasteiger partial charge in [0.1, 0.15) is 0 Å². The molecule has 0 aliphatic carbocycles. The molecule has 1 aromatic heterocycles. The van der Waals surface area contributed by atoms with Crippen molar-refractivity contribution in [2.24, 2.45) is 0 Å². The van der Waals surface area contributed by atoms with Crippen LogP contribution in [0.5, 0.6) is 0 Å². The van der Waals surface area contributed by atoms with Gasteiger partial charge in [-0.2, -0.15) is 22.5 Å². The van der Waals surface area contributed by atoms with E-state index in [0.29, 0.717) is 0 Å². The van der Waals surface area contributed by atoms with Gasteiger partial charge < -0.3 is 5.32 Å². The average Bonchev–Trinajstić information content (AvgIpc) is 2.37. The number of benzene rings is 1. The third-order valence-electron chi connectivity index (χ3n) is 2.35. The Bertz CT molecular complexity index is 656. The molecule has 9 heteroatoms. The number of halogens is 4. The van der Waals surface area contributed by atoms with Gasteiger partial charge in [-0.05, 0) is 12.1 Å². The van der Waals surface area contributed by atoms with E-state index in [1.165, 1.54) is 18.2 Å². The summed E-state index contributed by atoms with van der Waals surface area (Å²) in [4.78, 5) is 6.96. The van der Waals surface area contributed by atoms with Crippen LogP contribution in [0, 0.1) is 11.4 Å². The summed E-state index contributed by atoms with van der Waals surface area (Å²) in [6.45, 7) is 0. The van der Waals surface area contributed by atoms with Gasteiger partial charge in [0.2, 0.25) is 11.9 Å². The Morgan fingerprint density at radius 1 is 1.10 bits per heavy atom. The third kappa shape index (κ3) is 3.88. The Kier molecular flexibility index (Phi) is 4.01. The molecule has 0 aliphatic heterocycles. The van der Waals surface area contributed by atoms with Gasteiger partial charge in [0, 0.05) is 12.3 Å².